The van der Waals surface area contributed by atoms with Crippen LogP contribution in [0.4, 0.5) is 0 Å². The highest BCUT2D eigenvalue weighted by Gasteiger charge is 2.21. The van der Waals surface area contributed by atoms with E-state index in [1.54, 1.807) is 6.07 Å². The lowest BCUT2D eigenvalue weighted by atomic mass is 10.0. The van der Waals surface area contributed by atoms with Crippen molar-refractivity contribution >= 4 is 0 Å². The van der Waals surface area contributed by atoms with Gasteiger partial charge in [0.05, 0.1) is 12.3 Å². The fourth-order valence-corrected chi connectivity index (χ4v) is 1.11. The van der Waals surface area contributed by atoms with Crippen molar-refractivity contribution < 1.29 is 15.3 Å². The number of hydrogen-bond acceptors (Lipinski definition) is 5. The van der Waals surface area contributed by atoms with E-state index in [4.69, 9.17) is 10.4 Å². The lowest BCUT2D eigenvalue weighted by Crippen LogP contribution is -2.19. The van der Waals surface area contributed by atoms with E-state index in [2.05, 4.69) is 10.2 Å². The molecule has 6 heteroatoms. The van der Waals surface area contributed by atoms with Crippen molar-refractivity contribution in [3.8, 4) is 6.07 Å². The number of nitriles is 1. The Labute approximate surface area is 80.4 Å². The van der Waals surface area contributed by atoms with Crippen molar-refractivity contribution in [2.45, 2.75) is 18.6 Å². The van der Waals surface area contributed by atoms with Crippen LogP contribution in [-0.2, 0) is 0 Å². The molecule has 0 amide bonds. The first-order chi connectivity index (χ1) is 6.70. The molecule has 0 aliphatic carbocycles. The summed E-state index contributed by atoms with van der Waals surface area (Å²) in [6.07, 6.45) is -0.957. The van der Waals surface area contributed by atoms with Crippen molar-refractivity contribution in [3.05, 3.63) is 17.5 Å². The molecular weight excluding hydrogens is 186 g/mol. The molecule has 0 saturated heterocycles. The maximum absolute atomic E-state index is 9.55. The predicted molar refractivity (Wildman–Crippen MR) is 46.0 cm³/mol. The van der Waals surface area contributed by atoms with Crippen LogP contribution in [0.3, 0.4) is 0 Å². The van der Waals surface area contributed by atoms with Gasteiger partial charge in [-0.1, -0.05) is 0 Å². The SMILES string of the molecule is N#Cc1[nH]ncc1C(O)C(O)CCO. The first-order valence-electron chi connectivity index (χ1n) is 4.11. The number of H-pyrrole nitrogens is 1. The summed E-state index contributed by atoms with van der Waals surface area (Å²) in [5.74, 6) is 0. The van der Waals surface area contributed by atoms with Crippen LogP contribution in [-0.4, -0.2) is 38.2 Å². The van der Waals surface area contributed by atoms with Gasteiger partial charge in [-0.2, -0.15) is 10.4 Å². The molecule has 0 aromatic carbocycles. The molecule has 0 saturated carbocycles. The fraction of sp³-hybridized carbons (Fsp3) is 0.500. The number of aromatic nitrogens is 2. The minimum Gasteiger partial charge on any atom is -0.396 e. The summed E-state index contributed by atoms with van der Waals surface area (Å²) in [5.41, 5.74) is 0.364. The first-order valence-corrected chi connectivity index (χ1v) is 4.11. The molecule has 1 aromatic heterocycles. The van der Waals surface area contributed by atoms with Crippen LogP contribution in [0.15, 0.2) is 6.20 Å². The Kier molecular flexibility index (Phi) is 3.59. The number of aromatic amines is 1. The number of aliphatic hydroxyl groups is 3. The molecule has 2 atom stereocenters. The molecule has 1 rings (SSSR count). The molecule has 0 radical (unpaired) electrons. The number of hydrogen-bond donors (Lipinski definition) is 4. The molecule has 0 bridgehead atoms. The second kappa shape index (κ2) is 4.72. The van der Waals surface area contributed by atoms with E-state index in [9.17, 15) is 10.2 Å². The van der Waals surface area contributed by atoms with E-state index >= 15 is 0 Å². The number of nitrogens with zero attached hydrogens (tertiary/aromatic N) is 2. The van der Waals surface area contributed by atoms with E-state index in [0.717, 1.165) is 0 Å². The molecule has 76 valence electrons. The highest BCUT2D eigenvalue weighted by atomic mass is 16.3. The van der Waals surface area contributed by atoms with Crippen LogP contribution < -0.4 is 0 Å². The van der Waals surface area contributed by atoms with Gasteiger partial charge in [-0.05, 0) is 6.42 Å². The molecule has 4 N–H and O–H groups in total. The molecule has 14 heavy (non-hydrogen) atoms. The quantitative estimate of drug-likeness (QED) is 0.497. The third kappa shape index (κ3) is 2.09. The summed E-state index contributed by atoms with van der Waals surface area (Å²) in [6.45, 7) is -0.224. The van der Waals surface area contributed by atoms with Crippen molar-refractivity contribution in [3.63, 3.8) is 0 Å². The monoisotopic (exact) mass is 197 g/mol. The maximum atomic E-state index is 9.55. The maximum Gasteiger partial charge on any atom is 0.141 e. The molecule has 0 aliphatic rings. The average molecular weight is 197 g/mol. The molecule has 0 fully saturated rings. The lowest BCUT2D eigenvalue weighted by molar-refractivity contribution is 0.00409. The fourth-order valence-electron chi connectivity index (χ4n) is 1.11. The van der Waals surface area contributed by atoms with E-state index in [1.807, 2.05) is 0 Å². The van der Waals surface area contributed by atoms with Gasteiger partial charge in [0.25, 0.3) is 0 Å². The van der Waals surface area contributed by atoms with Crippen molar-refractivity contribution in [1.29, 1.82) is 5.26 Å². The summed E-state index contributed by atoms with van der Waals surface area (Å²) in [6, 6.07) is 1.80. The zero-order valence-electron chi connectivity index (χ0n) is 7.38. The Morgan fingerprint density at radius 1 is 1.57 bits per heavy atom. The minimum atomic E-state index is -1.20. The average Bonchev–Trinajstić information content (AvgIpc) is 2.64. The summed E-state index contributed by atoms with van der Waals surface area (Å²) < 4.78 is 0. The van der Waals surface area contributed by atoms with Gasteiger partial charge in [0.15, 0.2) is 0 Å². The van der Waals surface area contributed by atoms with Crippen LogP contribution in [0, 0.1) is 11.3 Å². The zero-order valence-corrected chi connectivity index (χ0v) is 7.38. The normalized spacial score (nSPS) is 14.7. The zero-order chi connectivity index (χ0) is 10.6. The van der Waals surface area contributed by atoms with Gasteiger partial charge < -0.3 is 15.3 Å². The van der Waals surface area contributed by atoms with Crippen LogP contribution in [0.5, 0.6) is 0 Å². The van der Waals surface area contributed by atoms with E-state index in [0.29, 0.717) is 0 Å². The smallest absolute Gasteiger partial charge is 0.141 e. The topological polar surface area (TPSA) is 113 Å². The van der Waals surface area contributed by atoms with E-state index in [-0.39, 0.29) is 24.3 Å². The van der Waals surface area contributed by atoms with Crippen LogP contribution in [0.1, 0.15) is 23.8 Å². The highest BCUT2D eigenvalue weighted by Crippen LogP contribution is 2.20. The molecule has 2 unspecified atom stereocenters. The summed E-state index contributed by atoms with van der Waals surface area (Å²) >= 11 is 0. The van der Waals surface area contributed by atoms with E-state index < -0.39 is 12.2 Å². The van der Waals surface area contributed by atoms with Gasteiger partial charge in [0, 0.05) is 12.2 Å². The van der Waals surface area contributed by atoms with Crippen LogP contribution >= 0.6 is 0 Å². The number of rotatable bonds is 4. The van der Waals surface area contributed by atoms with Crippen molar-refractivity contribution in [1.82, 2.24) is 10.2 Å². The Balaban J connectivity index is 2.79. The summed E-state index contributed by atoms with van der Waals surface area (Å²) in [5, 5.41) is 42.0. The highest BCUT2D eigenvalue weighted by molar-refractivity contribution is 5.30. The lowest BCUT2D eigenvalue weighted by Gasteiger charge is -2.15. The second-order valence-electron chi connectivity index (χ2n) is 2.84. The van der Waals surface area contributed by atoms with Gasteiger partial charge in [-0.3, -0.25) is 5.10 Å². The Morgan fingerprint density at radius 2 is 2.29 bits per heavy atom. The largest absolute Gasteiger partial charge is 0.396 e. The first kappa shape index (κ1) is 10.7. The Bertz CT molecular complexity index is 331. The molecular formula is C8H11N3O3. The predicted octanol–water partition coefficient (Wildman–Crippen LogP) is -0.942. The molecule has 1 aromatic rings. The summed E-state index contributed by atoms with van der Waals surface area (Å²) in [7, 11) is 0. The van der Waals surface area contributed by atoms with Gasteiger partial charge in [-0.15, -0.1) is 0 Å². The van der Waals surface area contributed by atoms with E-state index in [1.165, 1.54) is 6.20 Å². The van der Waals surface area contributed by atoms with Crippen LogP contribution in [0.2, 0.25) is 0 Å². The molecule has 0 spiro atoms. The number of nitrogens with one attached hydrogen (secondary N) is 1. The van der Waals surface area contributed by atoms with Gasteiger partial charge in [-0.25, -0.2) is 0 Å². The molecule has 6 nitrogen and oxygen atoms in total. The third-order valence-electron chi connectivity index (χ3n) is 1.89. The molecule has 1 heterocycles. The van der Waals surface area contributed by atoms with Gasteiger partial charge in [0.2, 0.25) is 0 Å². The van der Waals surface area contributed by atoms with Gasteiger partial charge >= 0.3 is 0 Å². The summed E-state index contributed by atoms with van der Waals surface area (Å²) in [4.78, 5) is 0. The molecule has 0 aliphatic heterocycles. The Morgan fingerprint density at radius 3 is 2.86 bits per heavy atom. The van der Waals surface area contributed by atoms with Crippen molar-refractivity contribution in [2.75, 3.05) is 6.61 Å². The Hall–Kier alpha value is -1.42. The second-order valence-corrected chi connectivity index (χ2v) is 2.84. The van der Waals surface area contributed by atoms with Crippen molar-refractivity contribution in [2.24, 2.45) is 0 Å². The van der Waals surface area contributed by atoms with Crippen LogP contribution in [0.25, 0.3) is 0 Å². The standard InChI is InChI=1S/C8H11N3O3/c9-3-6-5(4-10-11-6)8(14)7(13)1-2-12/h4,7-8,12-14H,1-2H2,(H,10,11). The minimum absolute atomic E-state index is 0.0528. The van der Waals surface area contributed by atoms with Gasteiger partial charge in [0.1, 0.15) is 17.9 Å². The number of aliphatic hydroxyl groups excluding tert-OH is 3. The third-order valence-corrected chi connectivity index (χ3v) is 1.89.